The molecule has 4 N–H and O–H groups in total. The zero-order chi connectivity index (χ0) is 24.0. The topological polar surface area (TPSA) is 119 Å². The van der Waals surface area contributed by atoms with Gasteiger partial charge in [-0.25, -0.2) is 9.37 Å². The van der Waals surface area contributed by atoms with Gasteiger partial charge in [0.1, 0.15) is 28.6 Å². The van der Waals surface area contributed by atoms with Crippen molar-refractivity contribution >= 4 is 27.5 Å². The molecule has 2 aromatic rings. The molecule has 0 spiro atoms. The molecule has 0 radical (unpaired) electrons. The van der Waals surface area contributed by atoms with Crippen molar-refractivity contribution in [3.63, 3.8) is 0 Å². The second kappa shape index (κ2) is 8.18. The molecule has 2 aliphatic rings. The third-order valence-electron chi connectivity index (χ3n) is 6.71. The number of thiol groups is 1. The molecule has 33 heavy (non-hydrogen) atoms. The number of benzene rings is 1. The second-order valence-corrected chi connectivity index (χ2v) is 12.4. The predicted molar refractivity (Wildman–Crippen MR) is 129 cm³/mol. The Hall–Kier alpha value is -2.85. The number of ether oxygens (including phenoxy) is 1. The molecule has 1 amide bonds. The number of pyridine rings is 1. The zero-order valence-corrected chi connectivity index (χ0v) is 20.1. The van der Waals surface area contributed by atoms with E-state index in [1.165, 1.54) is 18.3 Å². The van der Waals surface area contributed by atoms with Crippen LogP contribution in [-0.4, -0.2) is 44.1 Å². The molecule has 1 aromatic carbocycles. The average molecular weight is 476 g/mol. The molecule has 0 saturated carbocycles. The minimum Gasteiger partial charge on any atom is -0.492 e. The van der Waals surface area contributed by atoms with Gasteiger partial charge in [0.2, 0.25) is 0 Å². The average Bonchev–Trinajstić information content (AvgIpc) is 3.19. The normalized spacial score (nSPS) is 26.1. The van der Waals surface area contributed by atoms with Crippen LogP contribution in [0.5, 0.6) is 5.75 Å². The van der Waals surface area contributed by atoms with E-state index in [2.05, 4.69) is 15.0 Å². The summed E-state index contributed by atoms with van der Waals surface area (Å²) in [5.41, 5.74) is 5.96. The molecule has 2 atom stereocenters. The van der Waals surface area contributed by atoms with Gasteiger partial charge in [-0.3, -0.25) is 18.7 Å². The fraction of sp³-hybridized carbons (Fsp3) is 0.435. The van der Waals surface area contributed by atoms with Crippen LogP contribution < -0.4 is 20.5 Å². The molecule has 1 unspecified atom stereocenters. The summed E-state index contributed by atoms with van der Waals surface area (Å²) in [4.78, 5) is 21.5. The second-order valence-electron chi connectivity index (χ2n) is 9.04. The summed E-state index contributed by atoms with van der Waals surface area (Å²) in [7, 11) is -3.02. The smallest absolute Gasteiger partial charge is 0.274 e. The first-order chi connectivity index (χ1) is 15.5. The van der Waals surface area contributed by atoms with E-state index in [0.717, 1.165) is 0 Å². The summed E-state index contributed by atoms with van der Waals surface area (Å²) in [5, 5.41) is 2.34. The van der Waals surface area contributed by atoms with Crippen LogP contribution in [-0.2, 0) is 15.7 Å². The molecule has 2 aliphatic heterocycles. The number of amides is 1. The van der Waals surface area contributed by atoms with Gasteiger partial charge in [0.15, 0.2) is 0 Å². The number of hydrogen-bond donors (Lipinski definition) is 4. The highest BCUT2D eigenvalue weighted by Gasteiger charge is 2.58. The first kappa shape index (κ1) is 23.3. The first-order valence-corrected chi connectivity index (χ1v) is 12.7. The molecular formula is C23H30FN5O3S. The Bertz CT molecular complexity index is 1170. The maximum Gasteiger partial charge on any atom is 0.274 e. The molecule has 1 saturated heterocycles. The lowest BCUT2D eigenvalue weighted by atomic mass is 9.86. The van der Waals surface area contributed by atoms with Crippen molar-refractivity contribution in [2.75, 3.05) is 18.5 Å². The van der Waals surface area contributed by atoms with Gasteiger partial charge in [-0.1, -0.05) is 0 Å². The van der Waals surface area contributed by atoms with Crippen molar-refractivity contribution in [2.24, 2.45) is 10.7 Å². The number of amidine groups is 1. The SMILES string of the molecule is CCOc1ccc(C(=O)Nc2ccc(F)c([C@@]3(C)N=C(N)C(C)(C)[SH]4(=O)NCCC34)c2)nc1. The summed E-state index contributed by atoms with van der Waals surface area (Å²) < 4.78 is 36.8. The quantitative estimate of drug-likeness (QED) is 0.496. The molecule has 178 valence electrons. The molecule has 1 fully saturated rings. The number of anilines is 1. The van der Waals surface area contributed by atoms with Gasteiger partial charge in [0.05, 0.1) is 22.8 Å². The molecule has 3 heterocycles. The van der Waals surface area contributed by atoms with E-state index in [1.54, 1.807) is 25.1 Å². The highest BCUT2D eigenvalue weighted by atomic mass is 32.3. The number of rotatable bonds is 5. The Balaban J connectivity index is 1.68. The molecule has 0 aliphatic carbocycles. The Morgan fingerprint density at radius 1 is 1.33 bits per heavy atom. The van der Waals surface area contributed by atoms with Crippen molar-refractivity contribution in [2.45, 2.75) is 49.7 Å². The van der Waals surface area contributed by atoms with Crippen LogP contribution >= 0.6 is 0 Å². The first-order valence-electron chi connectivity index (χ1n) is 10.9. The maximum atomic E-state index is 15.1. The van der Waals surface area contributed by atoms with Crippen LogP contribution in [0.15, 0.2) is 41.5 Å². The molecule has 0 bridgehead atoms. The standard InChI is InChI=1S/C23H30FN5O3S/c1-5-32-15-7-9-18(26-13-15)20(30)28-14-6-8-17(24)16(12-14)23(4)19-10-11-27-33(19,31)22(2,3)21(25)29-23/h6-9,12-13,19,33H,5,10-11H2,1-4H3,(H2,25,29)(H,27,31)(H,28,30)/t19?,23-/m1/s1. The van der Waals surface area contributed by atoms with E-state index >= 15 is 4.39 Å². The Kier molecular flexibility index (Phi) is 5.78. The summed E-state index contributed by atoms with van der Waals surface area (Å²) >= 11 is 0. The molecule has 8 nitrogen and oxygen atoms in total. The maximum absolute atomic E-state index is 15.1. The molecule has 4 rings (SSSR count). The number of nitrogens with zero attached hydrogens (tertiary/aromatic N) is 2. The lowest BCUT2D eigenvalue weighted by molar-refractivity contribution is 0.102. The summed E-state index contributed by atoms with van der Waals surface area (Å²) in [6.45, 7) is 8.29. The van der Waals surface area contributed by atoms with Crippen LogP contribution in [0.1, 0.15) is 50.2 Å². The number of nitrogens with two attached hydrogens (primary N) is 1. The van der Waals surface area contributed by atoms with E-state index < -0.39 is 37.4 Å². The fourth-order valence-corrected chi connectivity index (χ4v) is 8.35. The van der Waals surface area contributed by atoms with E-state index in [4.69, 9.17) is 15.5 Å². The zero-order valence-electron chi connectivity index (χ0n) is 19.2. The number of aliphatic imine (C=N–C) groups is 1. The lowest BCUT2D eigenvalue weighted by Crippen LogP contribution is -2.64. The van der Waals surface area contributed by atoms with Crippen LogP contribution in [0.25, 0.3) is 0 Å². The van der Waals surface area contributed by atoms with E-state index in [0.29, 0.717) is 31.0 Å². The third-order valence-corrected chi connectivity index (χ3v) is 10.9. The van der Waals surface area contributed by atoms with Crippen molar-refractivity contribution in [1.82, 2.24) is 9.71 Å². The van der Waals surface area contributed by atoms with E-state index in [1.807, 2.05) is 20.8 Å². The monoisotopic (exact) mass is 475 g/mol. The molecular weight excluding hydrogens is 445 g/mol. The largest absolute Gasteiger partial charge is 0.492 e. The van der Waals surface area contributed by atoms with Gasteiger partial charge in [0, 0.05) is 17.8 Å². The number of carbonyl (C=O) groups is 1. The number of nitrogens with one attached hydrogen (secondary N) is 2. The summed E-state index contributed by atoms with van der Waals surface area (Å²) in [6, 6.07) is 7.51. The summed E-state index contributed by atoms with van der Waals surface area (Å²) in [5.74, 6) is -0.145. The van der Waals surface area contributed by atoms with Gasteiger partial charge in [0.25, 0.3) is 5.91 Å². The van der Waals surface area contributed by atoms with Gasteiger partial charge in [-0.05, 0) is 74.6 Å². The number of fused-ring (bicyclic) bond motifs is 1. The van der Waals surface area contributed by atoms with Crippen LogP contribution in [0.4, 0.5) is 10.1 Å². The Morgan fingerprint density at radius 2 is 2.09 bits per heavy atom. The Labute approximate surface area is 193 Å². The van der Waals surface area contributed by atoms with Crippen molar-refractivity contribution in [1.29, 1.82) is 0 Å². The Morgan fingerprint density at radius 3 is 2.76 bits per heavy atom. The summed E-state index contributed by atoms with van der Waals surface area (Å²) in [6.07, 6.45) is 2.06. The van der Waals surface area contributed by atoms with Gasteiger partial charge < -0.3 is 15.8 Å². The molecule has 1 aromatic heterocycles. The minimum absolute atomic E-state index is 0.196. The van der Waals surface area contributed by atoms with E-state index in [-0.39, 0.29) is 17.1 Å². The van der Waals surface area contributed by atoms with Crippen LogP contribution in [0, 0.1) is 5.82 Å². The van der Waals surface area contributed by atoms with Crippen molar-refractivity contribution in [3.8, 4) is 5.75 Å². The van der Waals surface area contributed by atoms with Gasteiger partial charge in [-0.2, -0.15) is 0 Å². The number of hydrogen-bond acceptors (Lipinski definition) is 6. The predicted octanol–water partition coefficient (Wildman–Crippen LogP) is 2.53. The lowest BCUT2D eigenvalue weighted by Gasteiger charge is -2.50. The van der Waals surface area contributed by atoms with Gasteiger partial charge in [-0.15, -0.1) is 0 Å². The number of aromatic nitrogens is 1. The number of halogens is 1. The number of carbonyl (C=O) groups excluding carboxylic acids is 1. The van der Waals surface area contributed by atoms with Crippen LogP contribution in [0.2, 0.25) is 0 Å². The molecule has 10 heteroatoms. The van der Waals surface area contributed by atoms with E-state index in [9.17, 15) is 9.00 Å². The van der Waals surface area contributed by atoms with Crippen molar-refractivity contribution < 1.29 is 18.1 Å². The highest BCUT2D eigenvalue weighted by molar-refractivity contribution is 8.04. The minimum atomic E-state index is -3.02. The van der Waals surface area contributed by atoms with Crippen molar-refractivity contribution in [3.05, 3.63) is 53.6 Å². The highest BCUT2D eigenvalue weighted by Crippen LogP contribution is 2.49. The van der Waals surface area contributed by atoms with Gasteiger partial charge >= 0.3 is 0 Å². The fourth-order valence-electron chi connectivity index (χ4n) is 4.71. The van der Waals surface area contributed by atoms with Crippen LogP contribution in [0.3, 0.4) is 0 Å². The third kappa shape index (κ3) is 3.71.